The highest BCUT2D eigenvalue weighted by Crippen LogP contribution is 2.35. The molecule has 0 saturated carbocycles. The maximum atomic E-state index is 12.2. The average Bonchev–Trinajstić information content (AvgIpc) is 2.44. The summed E-state index contributed by atoms with van der Waals surface area (Å²) in [5.74, 6) is -0.395. The van der Waals surface area contributed by atoms with Gasteiger partial charge >= 0.3 is 0 Å². The molecule has 1 aliphatic rings. The first-order valence-corrected chi connectivity index (χ1v) is 6.97. The van der Waals surface area contributed by atoms with E-state index in [0.29, 0.717) is 5.56 Å². The largest absolute Gasteiger partial charge is 0.324 e. The number of carbonyl (C=O) groups is 2. The van der Waals surface area contributed by atoms with Gasteiger partial charge in [-0.2, -0.15) is 0 Å². The maximum absolute atomic E-state index is 12.2. The Kier molecular flexibility index (Phi) is 3.69. The van der Waals surface area contributed by atoms with Gasteiger partial charge in [-0.15, -0.1) is 0 Å². The van der Waals surface area contributed by atoms with Gasteiger partial charge in [0.05, 0.1) is 6.42 Å². The predicted molar refractivity (Wildman–Crippen MR) is 78.2 cm³/mol. The van der Waals surface area contributed by atoms with E-state index >= 15 is 0 Å². The lowest BCUT2D eigenvalue weighted by atomic mass is 9.78. The van der Waals surface area contributed by atoms with E-state index in [2.05, 4.69) is 20.8 Å². The second kappa shape index (κ2) is 5.02. The molecular weight excluding hydrogens is 252 g/mol. The van der Waals surface area contributed by atoms with Gasteiger partial charge in [0, 0.05) is 18.7 Å². The second-order valence-corrected chi connectivity index (χ2v) is 6.17. The van der Waals surface area contributed by atoms with Crippen LogP contribution in [0.4, 0.5) is 0 Å². The molecule has 2 rings (SSSR count). The van der Waals surface area contributed by atoms with E-state index in [0.717, 1.165) is 17.5 Å². The fourth-order valence-corrected chi connectivity index (χ4v) is 2.39. The first kappa shape index (κ1) is 14.7. The number of rotatable bonds is 3. The fraction of sp³-hybridized carbons (Fsp3) is 0.500. The normalized spacial score (nSPS) is 17.1. The Hall–Kier alpha value is -1.68. The molecule has 0 saturated heterocycles. The number of hydrogen-bond acceptors (Lipinski definition) is 3. The number of hydrogen-bond donors (Lipinski definition) is 1. The van der Waals surface area contributed by atoms with Crippen molar-refractivity contribution >= 4 is 11.8 Å². The molecule has 2 amide bonds. The number of nitrogens with two attached hydrogens (primary N) is 1. The molecule has 1 heterocycles. The van der Waals surface area contributed by atoms with Crippen molar-refractivity contribution < 1.29 is 9.59 Å². The summed E-state index contributed by atoms with van der Waals surface area (Å²) in [5.41, 5.74) is 8.65. The van der Waals surface area contributed by atoms with Gasteiger partial charge in [0.15, 0.2) is 0 Å². The molecule has 1 aromatic rings. The van der Waals surface area contributed by atoms with Gasteiger partial charge in [0.2, 0.25) is 5.91 Å². The van der Waals surface area contributed by atoms with Crippen molar-refractivity contribution in [3.8, 4) is 0 Å². The quantitative estimate of drug-likeness (QED) is 0.860. The molecule has 0 spiro atoms. The molecule has 0 aliphatic carbocycles. The van der Waals surface area contributed by atoms with E-state index in [1.54, 1.807) is 0 Å². The van der Waals surface area contributed by atoms with Gasteiger partial charge in [0.25, 0.3) is 5.91 Å². The number of imide groups is 1. The lowest BCUT2D eigenvalue weighted by Gasteiger charge is -2.32. The minimum absolute atomic E-state index is 0.0341. The topological polar surface area (TPSA) is 63.4 Å². The molecule has 0 radical (unpaired) electrons. The van der Waals surface area contributed by atoms with E-state index in [1.165, 1.54) is 11.9 Å². The minimum Gasteiger partial charge on any atom is -0.324 e. The maximum Gasteiger partial charge on any atom is 0.260 e. The first-order valence-electron chi connectivity index (χ1n) is 6.97. The lowest BCUT2D eigenvalue weighted by molar-refractivity contribution is -0.127. The van der Waals surface area contributed by atoms with E-state index in [-0.39, 0.29) is 29.7 Å². The molecule has 0 aromatic heterocycles. The van der Waals surface area contributed by atoms with Crippen LogP contribution in [0.1, 0.15) is 54.7 Å². The van der Waals surface area contributed by atoms with Gasteiger partial charge in [0.1, 0.15) is 0 Å². The molecular formula is C16H22N2O2. The van der Waals surface area contributed by atoms with Gasteiger partial charge in [-0.3, -0.25) is 14.5 Å². The second-order valence-electron chi connectivity index (χ2n) is 6.17. The molecule has 4 nitrogen and oxygen atoms in total. The summed E-state index contributed by atoms with van der Waals surface area (Å²) < 4.78 is 0. The third kappa shape index (κ3) is 2.36. The molecule has 1 atom stereocenters. The number of fused-ring (bicyclic) bond motifs is 1. The molecule has 0 bridgehead atoms. The molecule has 2 N–H and O–H groups in total. The van der Waals surface area contributed by atoms with E-state index < -0.39 is 0 Å². The summed E-state index contributed by atoms with van der Waals surface area (Å²) >= 11 is 0. The monoisotopic (exact) mass is 274 g/mol. The summed E-state index contributed by atoms with van der Waals surface area (Å²) in [4.78, 5) is 25.0. The standard InChI is InChI=1S/C16H22N2O2/c1-5-16(2,3)14(17)11-7-6-10-9-13(19)18(4)15(20)12(10)8-11/h6-8,14H,5,9,17H2,1-4H3. The van der Waals surface area contributed by atoms with E-state index in [1.807, 2.05) is 18.2 Å². The van der Waals surface area contributed by atoms with Crippen LogP contribution >= 0.6 is 0 Å². The van der Waals surface area contributed by atoms with Crippen LogP contribution in [0.5, 0.6) is 0 Å². The van der Waals surface area contributed by atoms with Crippen molar-refractivity contribution in [1.29, 1.82) is 0 Å². The van der Waals surface area contributed by atoms with Crippen molar-refractivity contribution in [2.24, 2.45) is 11.1 Å². The smallest absolute Gasteiger partial charge is 0.260 e. The molecule has 0 fully saturated rings. The van der Waals surface area contributed by atoms with Gasteiger partial charge < -0.3 is 5.73 Å². The van der Waals surface area contributed by atoms with Crippen LogP contribution in [0.3, 0.4) is 0 Å². The van der Waals surface area contributed by atoms with E-state index in [4.69, 9.17) is 5.73 Å². The van der Waals surface area contributed by atoms with Gasteiger partial charge in [-0.25, -0.2) is 0 Å². The third-order valence-electron chi connectivity index (χ3n) is 4.50. The van der Waals surface area contributed by atoms with Crippen molar-refractivity contribution in [2.45, 2.75) is 39.7 Å². The zero-order valence-corrected chi connectivity index (χ0v) is 12.6. The van der Waals surface area contributed by atoms with Crippen LogP contribution in [0.25, 0.3) is 0 Å². The first-order chi connectivity index (χ1) is 9.27. The molecule has 1 unspecified atom stereocenters. The van der Waals surface area contributed by atoms with Gasteiger partial charge in [-0.05, 0) is 29.0 Å². The van der Waals surface area contributed by atoms with Crippen molar-refractivity contribution in [3.05, 3.63) is 34.9 Å². The van der Waals surface area contributed by atoms with Crippen LogP contribution < -0.4 is 5.73 Å². The van der Waals surface area contributed by atoms with E-state index in [9.17, 15) is 9.59 Å². The van der Waals surface area contributed by atoms with Crippen molar-refractivity contribution in [1.82, 2.24) is 4.90 Å². The molecule has 20 heavy (non-hydrogen) atoms. The Morgan fingerprint density at radius 2 is 2.00 bits per heavy atom. The Bertz CT molecular complexity index is 564. The number of amides is 2. The molecule has 108 valence electrons. The summed E-state index contributed by atoms with van der Waals surface area (Å²) in [6, 6.07) is 5.52. The Labute approximate surface area is 119 Å². The number of likely N-dealkylation sites (N-methyl/N-ethyl adjacent to an activating group) is 1. The highest BCUT2D eigenvalue weighted by molar-refractivity contribution is 6.09. The SMILES string of the molecule is CCC(C)(C)C(N)c1ccc2c(c1)C(=O)N(C)C(=O)C2. The minimum atomic E-state index is -0.236. The predicted octanol–water partition coefficient (Wildman–Crippen LogP) is 2.28. The van der Waals surface area contributed by atoms with Crippen LogP contribution in [-0.2, 0) is 11.2 Å². The highest BCUT2D eigenvalue weighted by Gasteiger charge is 2.31. The fourth-order valence-electron chi connectivity index (χ4n) is 2.39. The summed E-state index contributed by atoms with van der Waals surface area (Å²) in [6.07, 6.45) is 1.24. The number of nitrogens with zero attached hydrogens (tertiary/aromatic N) is 1. The average molecular weight is 274 g/mol. The highest BCUT2D eigenvalue weighted by atomic mass is 16.2. The Morgan fingerprint density at radius 1 is 1.35 bits per heavy atom. The summed E-state index contributed by atoms with van der Waals surface area (Å²) in [5, 5.41) is 0. The van der Waals surface area contributed by atoms with Crippen LogP contribution in [0.2, 0.25) is 0 Å². The van der Waals surface area contributed by atoms with Crippen molar-refractivity contribution in [3.63, 3.8) is 0 Å². The van der Waals surface area contributed by atoms with Gasteiger partial charge in [-0.1, -0.05) is 32.9 Å². The summed E-state index contributed by atoms with van der Waals surface area (Å²) in [6.45, 7) is 6.35. The summed E-state index contributed by atoms with van der Waals surface area (Å²) in [7, 11) is 1.52. The Morgan fingerprint density at radius 3 is 2.60 bits per heavy atom. The Balaban J connectivity index is 2.42. The van der Waals surface area contributed by atoms with Crippen LogP contribution in [0.15, 0.2) is 18.2 Å². The zero-order valence-electron chi connectivity index (χ0n) is 12.6. The third-order valence-corrected chi connectivity index (χ3v) is 4.50. The number of carbonyl (C=O) groups excluding carboxylic acids is 2. The zero-order chi connectivity index (χ0) is 15.1. The van der Waals surface area contributed by atoms with Crippen LogP contribution in [-0.4, -0.2) is 23.8 Å². The molecule has 1 aliphatic heterocycles. The molecule has 1 aromatic carbocycles. The van der Waals surface area contributed by atoms with Crippen LogP contribution in [0, 0.1) is 5.41 Å². The lowest BCUT2D eigenvalue weighted by Crippen LogP contribution is -2.39. The molecule has 4 heteroatoms. The number of benzene rings is 1. The van der Waals surface area contributed by atoms with Crippen molar-refractivity contribution in [2.75, 3.05) is 7.05 Å².